The van der Waals surface area contributed by atoms with E-state index in [2.05, 4.69) is 22.9 Å². The number of hydrogen-bond acceptors (Lipinski definition) is 3. The molecule has 76 valence electrons. The number of rotatable bonds is 2. The zero-order valence-electron chi connectivity index (χ0n) is 8.25. The quantitative estimate of drug-likeness (QED) is 0.640. The van der Waals surface area contributed by atoms with E-state index in [1.54, 1.807) is 0 Å². The van der Waals surface area contributed by atoms with Gasteiger partial charge in [0.15, 0.2) is 0 Å². The van der Waals surface area contributed by atoms with Crippen molar-refractivity contribution < 1.29 is 4.79 Å². The normalized spacial score (nSPS) is 27.3. The predicted octanol–water partition coefficient (Wildman–Crippen LogP) is 0.946. The summed E-state index contributed by atoms with van der Waals surface area (Å²) in [5.74, 6) is 0.624. The van der Waals surface area contributed by atoms with Gasteiger partial charge in [-0.25, -0.2) is 0 Å². The van der Waals surface area contributed by atoms with Gasteiger partial charge in [-0.15, -0.1) is 0 Å². The molecule has 0 spiro atoms. The molecule has 0 amide bonds. The molecule has 0 bridgehead atoms. The fourth-order valence-electron chi connectivity index (χ4n) is 2.07. The summed E-state index contributed by atoms with van der Waals surface area (Å²) in [7, 11) is 0. The van der Waals surface area contributed by atoms with E-state index >= 15 is 0 Å². The van der Waals surface area contributed by atoms with E-state index in [9.17, 15) is 4.79 Å². The Hall–Kier alpha value is -1.09. The van der Waals surface area contributed by atoms with E-state index in [-0.39, 0.29) is 0 Å². The average Bonchev–Trinajstić information content (AvgIpc) is 2.30. The van der Waals surface area contributed by atoms with E-state index in [0.717, 1.165) is 44.3 Å². The third-order valence-electron chi connectivity index (χ3n) is 2.97. The van der Waals surface area contributed by atoms with Crippen LogP contribution in [0.1, 0.15) is 19.3 Å². The average molecular weight is 192 g/mol. The molecule has 0 fully saturated rings. The van der Waals surface area contributed by atoms with Crippen molar-refractivity contribution in [3.63, 3.8) is 0 Å². The van der Waals surface area contributed by atoms with Gasteiger partial charge in [0.05, 0.1) is 6.67 Å². The van der Waals surface area contributed by atoms with E-state index in [1.165, 1.54) is 5.57 Å². The maximum atomic E-state index is 10.5. The predicted molar refractivity (Wildman–Crippen MR) is 55.6 cm³/mol. The topological polar surface area (TPSA) is 41.1 Å². The Balaban J connectivity index is 1.97. The minimum Gasteiger partial charge on any atom is -0.378 e. The zero-order chi connectivity index (χ0) is 9.80. The SMILES string of the molecule is O=CC1=CCC(C2=CNCNC2)CC1. The fraction of sp³-hybridized carbons (Fsp3) is 0.545. The number of nitrogens with one attached hydrogen (secondary N) is 2. The standard InChI is InChI=1S/C11H16N2O/c14-7-9-1-3-10(4-2-9)11-5-12-8-13-6-11/h1,5,7,10,12-13H,2-4,6,8H2. The molecule has 1 aliphatic heterocycles. The first-order chi connectivity index (χ1) is 6.90. The van der Waals surface area contributed by atoms with Gasteiger partial charge in [0.2, 0.25) is 0 Å². The molecule has 0 aromatic carbocycles. The van der Waals surface area contributed by atoms with Crippen LogP contribution in [-0.2, 0) is 4.79 Å². The molecule has 2 aliphatic rings. The lowest BCUT2D eigenvalue weighted by molar-refractivity contribution is -0.105. The van der Waals surface area contributed by atoms with Gasteiger partial charge < -0.3 is 5.32 Å². The molecule has 0 aromatic rings. The molecule has 14 heavy (non-hydrogen) atoms. The number of allylic oxidation sites excluding steroid dienone is 2. The van der Waals surface area contributed by atoms with Crippen LogP contribution in [0.4, 0.5) is 0 Å². The Morgan fingerprint density at radius 3 is 3.00 bits per heavy atom. The van der Waals surface area contributed by atoms with Crippen molar-refractivity contribution in [2.45, 2.75) is 19.3 Å². The molecule has 2 rings (SSSR count). The minimum absolute atomic E-state index is 0.624. The van der Waals surface area contributed by atoms with Crippen LogP contribution in [0, 0.1) is 5.92 Å². The van der Waals surface area contributed by atoms with Crippen LogP contribution in [0.2, 0.25) is 0 Å². The minimum atomic E-state index is 0.624. The molecular formula is C11H16N2O. The van der Waals surface area contributed by atoms with Gasteiger partial charge in [-0.2, -0.15) is 0 Å². The van der Waals surface area contributed by atoms with Gasteiger partial charge >= 0.3 is 0 Å². The second-order valence-corrected chi connectivity index (χ2v) is 3.90. The van der Waals surface area contributed by atoms with Crippen molar-refractivity contribution in [3.05, 3.63) is 23.4 Å². The van der Waals surface area contributed by atoms with Crippen molar-refractivity contribution in [3.8, 4) is 0 Å². The first-order valence-corrected chi connectivity index (χ1v) is 5.17. The lowest BCUT2D eigenvalue weighted by atomic mass is 9.84. The molecule has 1 aliphatic carbocycles. The van der Waals surface area contributed by atoms with E-state index < -0.39 is 0 Å². The van der Waals surface area contributed by atoms with Gasteiger partial charge in [-0.1, -0.05) is 6.08 Å². The van der Waals surface area contributed by atoms with Crippen LogP contribution < -0.4 is 10.6 Å². The van der Waals surface area contributed by atoms with Crippen molar-refractivity contribution in [2.75, 3.05) is 13.2 Å². The summed E-state index contributed by atoms with van der Waals surface area (Å²) in [6.07, 6.45) is 8.26. The Bertz CT molecular complexity index is 281. The maximum Gasteiger partial charge on any atom is 0.145 e. The van der Waals surface area contributed by atoms with Crippen molar-refractivity contribution in [2.24, 2.45) is 5.92 Å². The first kappa shape index (κ1) is 9.46. The molecule has 2 N–H and O–H groups in total. The lowest BCUT2D eigenvalue weighted by Crippen LogP contribution is -2.35. The van der Waals surface area contributed by atoms with Crippen LogP contribution in [0.25, 0.3) is 0 Å². The molecule has 0 saturated heterocycles. The highest BCUT2D eigenvalue weighted by Crippen LogP contribution is 2.28. The summed E-state index contributed by atoms with van der Waals surface area (Å²) in [5, 5.41) is 6.48. The fourth-order valence-corrected chi connectivity index (χ4v) is 2.07. The third-order valence-corrected chi connectivity index (χ3v) is 2.97. The molecular weight excluding hydrogens is 176 g/mol. The molecule has 1 heterocycles. The maximum absolute atomic E-state index is 10.5. The highest BCUT2D eigenvalue weighted by Gasteiger charge is 2.18. The van der Waals surface area contributed by atoms with Gasteiger partial charge in [0.1, 0.15) is 6.29 Å². The summed E-state index contributed by atoms with van der Waals surface area (Å²) >= 11 is 0. The van der Waals surface area contributed by atoms with E-state index in [0.29, 0.717) is 5.92 Å². The molecule has 0 radical (unpaired) electrons. The Kier molecular flexibility index (Phi) is 2.99. The first-order valence-electron chi connectivity index (χ1n) is 5.17. The summed E-state index contributed by atoms with van der Waals surface area (Å²) in [4.78, 5) is 10.5. The van der Waals surface area contributed by atoms with Crippen LogP contribution in [0.5, 0.6) is 0 Å². The summed E-state index contributed by atoms with van der Waals surface area (Å²) in [5.41, 5.74) is 2.41. The third kappa shape index (κ3) is 2.04. The number of aldehydes is 1. The highest BCUT2D eigenvalue weighted by atomic mass is 16.1. The number of carbonyl (C=O) groups excluding carboxylic acids is 1. The molecule has 3 nitrogen and oxygen atoms in total. The smallest absolute Gasteiger partial charge is 0.145 e. The Morgan fingerprint density at radius 1 is 1.50 bits per heavy atom. The molecule has 0 saturated carbocycles. The molecule has 3 heteroatoms. The lowest BCUT2D eigenvalue weighted by Gasteiger charge is -2.26. The van der Waals surface area contributed by atoms with Crippen molar-refractivity contribution in [1.82, 2.24) is 10.6 Å². The van der Waals surface area contributed by atoms with Gasteiger partial charge in [-0.05, 0) is 42.5 Å². The van der Waals surface area contributed by atoms with Gasteiger partial charge in [-0.3, -0.25) is 10.1 Å². The second kappa shape index (κ2) is 4.42. The summed E-state index contributed by atoms with van der Waals surface area (Å²) in [6.45, 7) is 1.85. The summed E-state index contributed by atoms with van der Waals surface area (Å²) < 4.78 is 0. The van der Waals surface area contributed by atoms with Crippen LogP contribution in [-0.4, -0.2) is 19.5 Å². The van der Waals surface area contributed by atoms with Gasteiger partial charge in [0, 0.05) is 6.54 Å². The van der Waals surface area contributed by atoms with E-state index in [4.69, 9.17) is 0 Å². The molecule has 1 unspecified atom stereocenters. The van der Waals surface area contributed by atoms with Crippen molar-refractivity contribution in [1.29, 1.82) is 0 Å². The summed E-state index contributed by atoms with van der Waals surface area (Å²) in [6, 6.07) is 0. The highest BCUT2D eigenvalue weighted by molar-refractivity contribution is 5.73. The number of hydrogen-bond donors (Lipinski definition) is 2. The second-order valence-electron chi connectivity index (χ2n) is 3.90. The molecule has 1 atom stereocenters. The van der Waals surface area contributed by atoms with Crippen LogP contribution in [0.15, 0.2) is 23.4 Å². The monoisotopic (exact) mass is 192 g/mol. The Labute approximate surface area is 84.3 Å². The van der Waals surface area contributed by atoms with Crippen LogP contribution >= 0.6 is 0 Å². The van der Waals surface area contributed by atoms with Gasteiger partial charge in [0.25, 0.3) is 0 Å². The van der Waals surface area contributed by atoms with Crippen molar-refractivity contribution >= 4 is 6.29 Å². The number of carbonyl (C=O) groups is 1. The largest absolute Gasteiger partial charge is 0.378 e. The zero-order valence-corrected chi connectivity index (χ0v) is 8.25. The molecule has 0 aromatic heterocycles. The van der Waals surface area contributed by atoms with E-state index in [1.807, 2.05) is 0 Å². The van der Waals surface area contributed by atoms with Crippen LogP contribution in [0.3, 0.4) is 0 Å². The Morgan fingerprint density at radius 2 is 2.43 bits per heavy atom.